The molecule has 104 valence electrons. The Balaban J connectivity index is 1.79. The van der Waals surface area contributed by atoms with Crippen LogP contribution in [0.2, 0.25) is 0 Å². The van der Waals surface area contributed by atoms with Gasteiger partial charge in [-0.05, 0) is 37.5 Å². The summed E-state index contributed by atoms with van der Waals surface area (Å²) in [6.45, 7) is 4.42. The van der Waals surface area contributed by atoms with Crippen LogP contribution in [0.4, 0.5) is 8.78 Å². The fraction of sp³-hybridized carbons (Fsp3) is 0.929. The summed E-state index contributed by atoms with van der Waals surface area (Å²) in [5.74, 6) is -2.76. The molecule has 1 unspecified atom stereocenters. The highest BCUT2D eigenvalue weighted by atomic mass is 19.3. The molecule has 0 heterocycles. The standard InChI is InChI=1S/C14H23F2NO/c1-13(2)6-5-11(9-13)17-12(18)10-3-7-14(15,16)8-4-10/h10-11H,3-9H2,1-2H3,(H,17,18). The van der Waals surface area contributed by atoms with Gasteiger partial charge in [0.15, 0.2) is 0 Å². The van der Waals surface area contributed by atoms with Gasteiger partial charge in [-0.25, -0.2) is 8.78 Å². The fourth-order valence-corrected chi connectivity index (χ4v) is 3.18. The van der Waals surface area contributed by atoms with Crippen molar-refractivity contribution in [1.82, 2.24) is 5.32 Å². The average molecular weight is 259 g/mol. The predicted octanol–water partition coefficient (Wildman–Crippen LogP) is 3.51. The molecule has 0 radical (unpaired) electrons. The molecule has 0 aliphatic heterocycles. The van der Waals surface area contributed by atoms with Crippen molar-refractivity contribution in [2.24, 2.45) is 11.3 Å². The Bertz CT molecular complexity index is 318. The first-order valence-electron chi connectivity index (χ1n) is 6.96. The third-order valence-corrected chi connectivity index (χ3v) is 4.40. The van der Waals surface area contributed by atoms with Gasteiger partial charge in [0.1, 0.15) is 0 Å². The number of hydrogen-bond acceptors (Lipinski definition) is 1. The molecule has 4 heteroatoms. The first kappa shape index (κ1) is 13.8. The summed E-state index contributed by atoms with van der Waals surface area (Å²) in [7, 11) is 0. The lowest BCUT2D eigenvalue weighted by Crippen LogP contribution is -2.40. The van der Waals surface area contributed by atoms with E-state index in [-0.39, 0.29) is 30.7 Å². The second kappa shape index (κ2) is 4.78. The van der Waals surface area contributed by atoms with E-state index in [9.17, 15) is 13.6 Å². The molecule has 0 aromatic rings. The lowest BCUT2D eigenvalue weighted by Gasteiger charge is -2.28. The molecule has 2 aliphatic carbocycles. The van der Waals surface area contributed by atoms with Crippen LogP contribution < -0.4 is 5.32 Å². The maximum absolute atomic E-state index is 13.0. The van der Waals surface area contributed by atoms with Crippen molar-refractivity contribution in [1.29, 1.82) is 0 Å². The summed E-state index contributed by atoms with van der Waals surface area (Å²) >= 11 is 0. The minimum atomic E-state index is -2.55. The van der Waals surface area contributed by atoms with Gasteiger partial charge < -0.3 is 5.32 Å². The molecule has 2 fully saturated rings. The van der Waals surface area contributed by atoms with Crippen molar-refractivity contribution in [2.45, 2.75) is 70.8 Å². The zero-order valence-electron chi connectivity index (χ0n) is 11.3. The number of carbonyl (C=O) groups is 1. The lowest BCUT2D eigenvalue weighted by atomic mass is 9.86. The maximum Gasteiger partial charge on any atom is 0.248 e. The molecular formula is C14H23F2NO. The van der Waals surface area contributed by atoms with Crippen LogP contribution in [0, 0.1) is 11.3 Å². The summed E-state index contributed by atoms with van der Waals surface area (Å²) in [5.41, 5.74) is 0.303. The Kier molecular flexibility index (Phi) is 3.65. The Morgan fingerprint density at radius 3 is 2.22 bits per heavy atom. The third-order valence-electron chi connectivity index (χ3n) is 4.40. The Labute approximate surface area is 108 Å². The minimum absolute atomic E-state index is 0.00630. The monoisotopic (exact) mass is 259 g/mol. The van der Waals surface area contributed by atoms with E-state index in [0.29, 0.717) is 18.3 Å². The molecule has 2 saturated carbocycles. The second-order valence-electron chi connectivity index (χ2n) is 6.74. The van der Waals surface area contributed by atoms with Gasteiger partial charge in [0.2, 0.25) is 11.8 Å². The summed E-state index contributed by atoms with van der Waals surface area (Å²) in [4.78, 5) is 12.0. The molecule has 1 atom stereocenters. The highest BCUT2D eigenvalue weighted by Crippen LogP contribution is 2.38. The maximum atomic E-state index is 13.0. The molecule has 1 amide bonds. The van der Waals surface area contributed by atoms with Gasteiger partial charge in [0.25, 0.3) is 0 Å². The van der Waals surface area contributed by atoms with Crippen LogP contribution in [0.15, 0.2) is 0 Å². The van der Waals surface area contributed by atoms with Crippen molar-refractivity contribution < 1.29 is 13.6 Å². The molecular weight excluding hydrogens is 236 g/mol. The van der Waals surface area contributed by atoms with E-state index in [1.807, 2.05) is 0 Å². The van der Waals surface area contributed by atoms with Crippen LogP contribution >= 0.6 is 0 Å². The van der Waals surface area contributed by atoms with Crippen molar-refractivity contribution in [3.05, 3.63) is 0 Å². The minimum Gasteiger partial charge on any atom is -0.353 e. The molecule has 0 spiro atoms. The van der Waals surface area contributed by atoms with Crippen LogP contribution in [0.3, 0.4) is 0 Å². The van der Waals surface area contributed by atoms with Crippen molar-refractivity contribution in [3.8, 4) is 0 Å². The van der Waals surface area contributed by atoms with Crippen LogP contribution in [0.5, 0.6) is 0 Å². The molecule has 0 saturated heterocycles. The summed E-state index contributed by atoms with van der Waals surface area (Å²) in [6, 6.07) is 0.245. The normalized spacial score (nSPS) is 31.2. The van der Waals surface area contributed by atoms with Crippen LogP contribution in [-0.2, 0) is 4.79 Å². The average Bonchev–Trinajstić information content (AvgIpc) is 2.57. The first-order valence-corrected chi connectivity index (χ1v) is 6.96. The van der Waals surface area contributed by atoms with E-state index < -0.39 is 5.92 Å². The second-order valence-corrected chi connectivity index (χ2v) is 6.74. The molecule has 2 aliphatic rings. The van der Waals surface area contributed by atoms with Gasteiger partial charge in [0.05, 0.1) is 0 Å². The Morgan fingerprint density at radius 1 is 1.11 bits per heavy atom. The van der Waals surface area contributed by atoms with Crippen molar-refractivity contribution in [3.63, 3.8) is 0 Å². The van der Waals surface area contributed by atoms with E-state index >= 15 is 0 Å². The highest BCUT2D eigenvalue weighted by Gasteiger charge is 2.38. The topological polar surface area (TPSA) is 29.1 Å². The van der Waals surface area contributed by atoms with Gasteiger partial charge in [-0.3, -0.25) is 4.79 Å². The quantitative estimate of drug-likeness (QED) is 0.808. The number of hydrogen-bond donors (Lipinski definition) is 1. The van der Waals surface area contributed by atoms with E-state index in [2.05, 4.69) is 19.2 Å². The number of amides is 1. The van der Waals surface area contributed by atoms with Gasteiger partial charge in [0, 0.05) is 24.8 Å². The van der Waals surface area contributed by atoms with Crippen LogP contribution in [0.1, 0.15) is 58.8 Å². The van der Waals surface area contributed by atoms with Crippen molar-refractivity contribution in [2.75, 3.05) is 0 Å². The number of rotatable bonds is 2. The first-order chi connectivity index (χ1) is 8.27. The van der Waals surface area contributed by atoms with Crippen LogP contribution in [-0.4, -0.2) is 17.9 Å². The predicted molar refractivity (Wildman–Crippen MR) is 66.5 cm³/mol. The number of nitrogens with one attached hydrogen (secondary N) is 1. The van der Waals surface area contributed by atoms with Gasteiger partial charge in [-0.1, -0.05) is 13.8 Å². The fourth-order valence-electron chi connectivity index (χ4n) is 3.18. The van der Waals surface area contributed by atoms with Crippen molar-refractivity contribution >= 4 is 5.91 Å². The molecule has 0 aromatic carbocycles. The molecule has 0 bridgehead atoms. The smallest absolute Gasteiger partial charge is 0.248 e. The lowest BCUT2D eigenvalue weighted by molar-refractivity contribution is -0.129. The summed E-state index contributed by atoms with van der Waals surface area (Å²) < 4.78 is 26.0. The zero-order chi connectivity index (χ0) is 13.4. The molecule has 2 nitrogen and oxygen atoms in total. The molecule has 0 aromatic heterocycles. The Morgan fingerprint density at radius 2 is 1.72 bits per heavy atom. The number of carbonyl (C=O) groups excluding carboxylic acids is 1. The van der Waals surface area contributed by atoms with E-state index in [0.717, 1.165) is 19.3 Å². The number of halogens is 2. The largest absolute Gasteiger partial charge is 0.353 e. The van der Waals surface area contributed by atoms with Gasteiger partial charge >= 0.3 is 0 Å². The molecule has 1 N–H and O–H groups in total. The van der Waals surface area contributed by atoms with E-state index in [1.54, 1.807) is 0 Å². The van der Waals surface area contributed by atoms with E-state index in [4.69, 9.17) is 0 Å². The van der Waals surface area contributed by atoms with Crippen LogP contribution in [0.25, 0.3) is 0 Å². The summed E-state index contributed by atoms with van der Waals surface area (Å²) in [5, 5.41) is 3.05. The summed E-state index contributed by atoms with van der Waals surface area (Å²) in [6.07, 6.45) is 3.52. The third kappa shape index (κ3) is 3.42. The van der Waals surface area contributed by atoms with E-state index in [1.165, 1.54) is 0 Å². The molecule has 18 heavy (non-hydrogen) atoms. The highest BCUT2D eigenvalue weighted by molar-refractivity contribution is 5.79. The van der Waals surface area contributed by atoms with Gasteiger partial charge in [-0.15, -0.1) is 0 Å². The zero-order valence-corrected chi connectivity index (χ0v) is 11.3. The Hall–Kier alpha value is -0.670. The SMILES string of the molecule is CC1(C)CCC(NC(=O)C2CCC(F)(F)CC2)C1. The van der Waals surface area contributed by atoms with Gasteiger partial charge in [-0.2, -0.15) is 0 Å². The molecule has 2 rings (SSSR count). The number of alkyl halides is 2.